The standard InChI is InChI=1S/2C27H24.C25H22.2C21H20/c1-20(2)24-18-25(21-12-6-3-7-13-21)27(23-16-10-5-11-17-23)26(19-24)22-14-8-4-9-15-22;1-20(2)25-17-26(22-11-7-4-8-12-22)19-27(18-25)24-15-13-23(14-16-24)21-9-5-3-6-10-21;1-18(2)21-15-22(19-9-4-3-5-10-19)17-23(16-21)25-14-8-12-20-11-6-7-13-24(20)25;1-16(2)19-13-20(17-9-5-3-6-10-17)15-21(14-19)18-11-7-4-8-12-18;1-16(2)19-13-14-20(17-9-5-3-6-10-17)21(15-19)18-11-7-4-8-12-18/h2*3-20H,1-2H3;3-18H,1-2H3;2*3-16H,1-2H3. The molecule has 121 heavy (non-hydrogen) atoms. The van der Waals surface area contributed by atoms with Crippen LogP contribution in [0.4, 0.5) is 0 Å². The van der Waals surface area contributed by atoms with E-state index in [1.54, 1.807) is 0 Å². The van der Waals surface area contributed by atoms with Crippen LogP contribution in [0, 0.1) is 0 Å². The number of fused-ring (bicyclic) bond motifs is 1. The molecule has 0 fully saturated rings. The van der Waals surface area contributed by atoms with Crippen LogP contribution in [-0.4, -0.2) is 0 Å². The second-order valence-corrected chi connectivity index (χ2v) is 32.9. The fraction of sp³-hybridized carbons (Fsp3) is 0.124. The van der Waals surface area contributed by atoms with Crippen LogP contribution in [0.2, 0.25) is 0 Å². The normalized spacial score (nSPS) is 10.9. The lowest BCUT2D eigenvalue weighted by Gasteiger charge is -2.20. The first-order valence-electron chi connectivity index (χ1n) is 43.1. The molecular weight excluding hydrogens is 1450 g/mol. The molecule has 0 saturated carbocycles. The maximum atomic E-state index is 2.37. The maximum absolute atomic E-state index is 2.37. The van der Waals surface area contributed by atoms with Gasteiger partial charge in [-0.2, -0.15) is 0 Å². The Morgan fingerprint density at radius 2 is 0.355 bits per heavy atom. The number of hydrogen-bond acceptors (Lipinski definition) is 0. The zero-order valence-electron chi connectivity index (χ0n) is 71.7. The van der Waals surface area contributed by atoms with E-state index in [0.717, 1.165) is 0 Å². The van der Waals surface area contributed by atoms with Crippen LogP contribution in [0.15, 0.2) is 455 Å². The van der Waals surface area contributed by atoms with E-state index >= 15 is 0 Å². The highest BCUT2D eigenvalue weighted by Gasteiger charge is 2.19. The van der Waals surface area contributed by atoms with Crippen LogP contribution >= 0.6 is 0 Å². The Kier molecular flexibility index (Phi) is 28.4. The summed E-state index contributed by atoms with van der Waals surface area (Å²) in [5.41, 5.74) is 37.6. The highest BCUT2D eigenvalue weighted by atomic mass is 14.2. The molecule has 0 nitrogen and oxygen atoms in total. The Morgan fingerprint density at radius 1 is 0.124 bits per heavy atom. The zero-order chi connectivity index (χ0) is 83.8. The fourth-order valence-corrected chi connectivity index (χ4v) is 15.7. The molecule has 0 aliphatic rings. The molecule has 0 aromatic heterocycles. The van der Waals surface area contributed by atoms with Gasteiger partial charge in [0.2, 0.25) is 0 Å². The summed E-state index contributed by atoms with van der Waals surface area (Å²) in [5.74, 6) is 2.53. The van der Waals surface area contributed by atoms with Crippen molar-refractivity contribution >= 4 is 10.8 Å². The fourth-order valence-electron chi connectivity index (χ4n) is 15.7. The molecule has 0 amide bonds. The van der Waals surface area contributed by atoms with Crippen molar-refractivity contribution in [3.8, 4) is 134 Å². The van der Waals surface area contributed by atoms with Gasteiger partial charge in [-0.25, -0.2) is 0 Å². The lowest BCUT2D eigenvalue weighted by molar-refractivity contribution is 0.867. The summed E-state index contributed by atoms with van der Waals surface area (Å²) < 4.78 is 0. The van der Waals surface area contributed by atoms with E-state index in [4.69, 9.17) is 0 Å². The Morgan fingerprint density at radius 3 is 0.694 bits per heavy atom. The molecule has 0 bridgehead atoms. The van der Waals surface area contributed by atoms with E-state index in [9.17, 15) is 0 Å². The van der Waals surface area contributed by atoms with Crippen molar-refractivity contribution in [2.45, 2.75) is 98.8 Å². The average Bonchev–Trinajstić information content (AvgIpc) is 0.757. The highest BCUT2D eigenvalue weighted by molar-refractivity contribution is 5.98. The van der Waals surface area contributed by atoms with Gasteiger partial charge < -0.3 is 0 Å². The van der Waals surface area contributed by atoms with Gasteiger partial charge in [0.15, 0.2) is 0 Å². The average molecular weight is 1560 g/mol. The van der Waals surface area contributed by atoms with E-state index in [1.807, 2.05) is 0 Å². The first kappa shape index (κ1) is 83.7. The molecule has 0 heteroatoms. The summed E-state index contributed by atoms with van der Waals surface area (Å²) in [6.45, 7) is 22.5. The van der Waals surface area contributed by atoms with Gasteiger partial charge in [-0.15, -0.1) is 0 Å². The van der Waals surface area contributed by atoms with Crippen LogP contribution in [-0.2, 0) is 0 Å². The predicted octanol–water partition coefficient (Wildman–Crippen LogP) is 35.2. The molecule has 0 atom stereocenters. The van der Waals surface area contributed by atoms with Gasteiger partial charge in [0, 0.05) is 0 Å². The van der Waals surface area contributed by atoms with E-state index in [1.165, 1.54) is 172 Å². The van der Waals surface area contributed by atoms with Gasteiger partial charge >= 0.3 is 0 Å². The molecule has 0 aliphatic heterocycles. The molecule has 0 heterocycles. The van der Waals surface area contributed by atoms with E-state index < -0.39 is 0 Å². The summed E-state index contributed by atoms with van der Waals surface area (Å²) in [6.07, 6.45) is 0. The maximum Gasteiger partial charge on any atom is -0.00266 e. The molecule has 594 valence electrons. The summed E-state index contributed by atoms with van der Waals surface area (Å²) in [5, 5.41) is 2.60. The van der Waals surface area contributed by atoms with Crippen molar-refractivity contribution in [2.24, 2.45) is 0 Å². The lowest BCUT2D eigenvalue weighted by Crippen LogP contribution is -1.96. The Hall–Kier alpha value is -13.8. The second-order valence-electron chi connectivity index (χ2n) is 32.9. The minimum absolute atomic E-state index is 0.472. The van der Waals surface area contributed by atoms with Gasteiger partial charge in [0.25, 0.3) is 0 Å². The Bertz CT molecular complexity index is 6130. The largest absolute Gasteiger partial charge is 0.0622 e. The van der Waals surface area contributed by atoms with Crippen LogP contribution < -0.4 is 0 Å². The number of rotatable bonds is 17. The van der Waals surface area contributed by atoms with Gasteiger partial charge in [-0.3, -0.25) is 0 Å². The quantitative estimate of drug-likeness (QED) is 0.0852. The van der Waals surface area contributed by atoms with Crippen molar-refractivity contribution in [3.63, 3.8) is 0 Å². The van der Waals surface area contributed by atoms with Crippen molar-refractivity contribution < 1.29 is 0 Å². The van der Waals surface area contributed by atoms with E-state index in [0.29, 0.717) is 29.6 Å². The van der Waals surface area contributed by atoms with Crippen molar-refractivity contribution in [1.29, 1.82) is 0 Å². The summed E-state index contributed by atoms with van der Waals surface area (Å²) in [4.78, 5) is 0. The van der Waals surface area contributed by atoms with E-state index in [-0.39, 0.29) is 0 Å². The minimum atomic E-state index is 0.472. The highest BCUT2D eigenvalue weighted by Crippen LogP contribution is 2.44. The van der Waals surface area contributed by atoms with Gasteiger partial charge in [-0.05, 0) is 220 Å². The minimum Gasteiger partial charge on any atom is -0.0622 e. The van der Waals surface area contributed by atoms with Crippen molar-refractivity contribution in [1.82, 2.24) is 0 Å². The van der Waals surface area contributed by atoms with Crippen LogP contribution in [0.5, 0.6) is 0 Å². The zero-order valence-corrected chi connectivity index (χ0v) is 71.7. The molecule has 0 spiro atoms. The topological polar surface area (TPSA) is 0 Å². The SMILES string of the molecule is CC(C)c1cc(-c2ccccc2)c(-c2ccccc2)c(-c2ccccc2)c1.CC(C)c1cc(-c2ccccc2)cc(-c2ccc(-c3ccccc3)cc2)c1.CC(C)c1cc(-c2ccccc2)cc(-c2cccc3ccccc23)c1.CC(C)c1cc(-c2ccccc2)cc(-c2ccccc2)c1.CC(C)c1ccc(-c2ccccc2)c(-c2ccccc2)c1. The molecule has 18 rings (SSSR count). The van der Waals surface area contributed by atoms with Crippen molar-refractivity contribution in [3.05, 3.63) is 483 Å². The number of hydrogen-bond donors (Lipinski definition) is 0. The predicted molar refractivity (Wildman–Crippen MR) is 525 cm³/mol. The summed E-state index contributed by atoms with van der Waals surface area (Å²) in [6, 6.07) is 163. The smallest absolute Gasteiger partial charge is 0.00266 e. The summed E-state index contributed by atoms with van der Waals surface area (Å²) >= 11 is 0. The number of benzene rings is 18. The van der Waals surface area contributed by atoms with Crippen molar-refractivity contribution in [2.75, 3.05) is 0 Å². The monoisotopic (exact) mass is 1560 g/mol. The first-order valence-corrected chi connectivity index (χ1v) is 43.1. The van der Waals surface area contributed by atoms with Gasteiger partial charge in [0.1, 0.15) is 0 Å². The molecule has 0 saturated heterocycles. The van der Waals surface area contributed by atoms with Gasteiger partial charge in [0.05, 0.1) is 0 Å². The molecule has 0 unspecified atom stereocenters. The molecule has 0 radical (unpaired) electrons. The third kappa shape index (κ3) is 21.8. The molecule has 0 aliphatic carbocycles. The molecule has 0 N–H and O–H groups in total. The molecule has 18 aromatic rings. The van der Waals surface area contributed by atoms with Crippen LogP contribution in [0.25, 0.3) is 144 Å². The Labute approximate surface area is 721 Å². The van der Waals surface area contributed by atoms with Crippen LogP contribution in [0.3, 0.4) is 0 Å². The van der Waals surface area contributed by atoms with Gasteiger partial charge in [-0.1, -0.05) is 506 Å². The molecular formula is C121H110. The lowest BCUT2D eigenvalue weighted by atomic mass is 9.84. The third-order valence-corrected chi connectivity index (χ3v) is 22.7. The first-order chi connectivity index (χ1) is 59.2. The Balaban J connectivity index is 0.000000124. The molecule has 18 aromatic carbocycles. The third-order valence-electron chi connectivity index (χ3n) is 22.7. The van der Waals surface area contributed by atoms with E-state index in [2.05, 4.69) is 524 Å². The summed E-state index contributed by atoms with van der Waals surface area (Å²) in [7, 11) is 0. The van der Waals surface area contributed by atoms with Crippen LogP contribution in [0.1, 0.15) is 127 Å². The second kappa shape index (κ2) is 41.1.